The van der Waals surface area contributed by atoms with Gasteiger partial charge in [0, 0.05) is 11.6 Å². The van der Waals surface area contributed by atoms with E-state index in [2.05, 4.69) is 10.6 Å². The summed E-state index contributed by atoms with van der Waals surface area (Å²) < 4.78 is 0. The van der Waals surface area contributed by atoms with Gasteiger partial charge in [0.1, 0.15) is 0 Å². The molecule has 0 aromatic heterocycles. The Labute approximate surface area is 92.4 Å². The Hall–Kier alpha value is -0.610. The molecule has 1 amide bonds. The fourth-order valence-electron chi connectivity index (χ4n) is 1.21. The number of rotatable bonds is 5. The molecule has 0 aromatic carbocycles. The summed E-state index contributed by atoms with van der Waals surface area (Å²) in [5.41, 5.74) is -0.214. The highest BCUT2D eigenvalue weighted by Crippen LogP contribution is 2.00. The predicted octanol–water partition coefficient (Wildman–Crippen LogP) is 0.650. The van der Waals surface area contributed by atoms with Crippen molar-refractivity contribution in [1.29, 1.82) is 0 Å². The van der Waals surface area contributed by atoms with Gasteiger partial charge in [0.15, 0.2) is 0 Å². The van der Waals surface area contributed by atoms with Crippen molar-refractivity contribution in [2.24, 2.45) is 0 Å². The van der Waals surface area contributed by atoms with Gasteiger partial charge >= 0.3 is 0 Å². The maximum Gasteiger partial charge on any atom is 0.237 e. The first-order chi connectivity index (χ1) is 6.80. The number of hydrogen-bond donors (Lipinski definition) is 3. The molecule has 0 saturated heterocycles. The molecule has 0 bridgehead atoms. The van der Waals surface area contributed by atoms with Gasteiger partial charge in [-0.15, -0.1) is 0 Å². The van der Waals surface area contributed by atoms with E-state index in [-0.39, 0.29) is 30.1 Å². The normalized spacial score (nSPS) is 15.9. The molecular formula is C11H24N2O2. The number of aliphatic hydroxyl groups excluding tert-OH is 1. The van der Waals surface area contributed by atoms with Crippen LogP contribution in [-0.2, 0) is 4.79 Å². The molecule has 0 aliphatic rings. The van der Waals surface area contributed by atoms with Crippen molar-refractivity contribution >= 4 is 5.91 Å². The summed E-state index contributed by atoms with van der Waals surface area (Å²) in [5.74, 6) is -0.0330. The fraction of sp³-hybridized carbons (Fsp3) is 0.909. The Morgan fingerprint density at radius 2 is 1.93 bits per heavy atom. The van der Waals surface area contributed by atoms with E-state index in [1.807, 2.05) is 27.7 Å². The third-order valence-electron chi connectivity index (χ3n) is 2.09. The Morgan fingerprint density at radius 3 is 2.27 bits per heavy atom. The second-order valence-electron chi connectivity index (χ2n) is 4.92. The summed E-state index contributed by atoms with van der Waals surface area (Å²) in [5, 5.41) is 15.0. The highest BCUT2D eigenvalue weighted by Gasteiger charge is 2.20. The van der Waals surface area contributed by atoms with Crippen LogP contribution in [-0.4, -0.2) is 35.2 Å². The molecule has 0 saturated carbocycles. The highest BCUT2D eigenvalue weighted by molar-refractivity contribution is 5.81. The molecule has 0 aliphatic heterocycles. The van der Waals surface area contributed by atoms with Gasteiger partial charge in [-0.2, -0.15) is 0 Å². The smallest absolute Gasteiger partial charge is 0.237 e. The minimum Gasteiger partial charge on any atom is -0.395 e. The summed E-state index contributed by atoms with van der Waals surface area (Å²) in [6, 6.07) is -0.285. The lowest BCUT2D eigenvalue weighted by Gasteiger charge is -2.25. The maximum atomic E-state index is 11.7. The molecule has 0 fully saturated rings. The lowest BCUT2D eigenvalue weighted by atomic mass is 10.1. The molecule has 3 N–H and O–H groups in total. The van der Waals surface area contributed by atoms with E-state index < -0.39 is 0 Å². The fourth-order valence-corrected chi connectivity index (χ4v) is 1.21. The Morgan fingerprint density at radius 1 is 1.40 bits per heavy atom. The molecule has 90 valence electrons. The Bertz CT molecular complexity index is 195. The summed E-state index contributed by atoms with van der Waals surface area (Å²) in [6.45, 7) is 9.67. The number of carbonyl (C=O) groups excluding carboxylic acids is 1. The molecule has 0 spiro atoms. The van der Waals surface area contributed by atoms with Crippen LogP contribution >= 0.6 is 0 Å². The summed E-state index contributed by atoms with van der Waals surface area (Å²) in [7, 11) is 0. The Kier molecular flexibility index (Phi) is 5.83. The van der Waals surface area contributed by atoms with E-state index in [4.69, 9.17) is 5.11 Å². The summed E-state index contributed by atoms with van der Waals surface area (Å²) in [4.78, 5) is 11.7. The first-order valence-electron chi connectivity index (χ1n) is 5.49. The first kappa shape index (κ1) is 14.4. The maximum absolute atomic E-state index is 11.7. The Balaban J connectivity index is 4.09. The summed E-state index contributed by atoms with van der Waals surface area (Å²) >= 11 is 0. The van der Waals surface area contributed by atoms with Gasteiger partial charge < -0.3 is 15.7 Å². The van der Waals surface area contributed by atoms with Gasteiger partial charge in [0.25, 0.3) is 0 Å². The molecule has 0 radical (unpaired) electrons. The molecule has 4 nitrogen and oxygen atoms in total. The zero-order valence-corrected chi connectivity index (χ0v) is 10.4. The lowest BCUT2D eigenvalue weighted by molar-refractivity contribution is -0.124. The van der Waals surface area contributed by atoms with Crippen LogP contribution < -0.4 is 10.6 Å². The average Bonchev–Trinajstić information content (AvgIpc) is 2.10. The van der Waals surface area contributed by atoms with Crippen molar-refractivity contribution in [2.45, 2.75) is 58.7 Å². The topological polar surface area (TPSA) is 61.4 Å². The summed E-state index contributed by atoms with van der Waals surface area (Å²) in [6.07, 6.45) is 0.809. The van der Waals surface area contributed by atoms with E-state index in [1.54, 1.807) is 6.92 Å². The second-order valence-corrected chi connectivity index (χ2v) is 4.92. The van der Waals surface area contributed by atoms with Crippen LogP contribution in [0.25, 0.3) is 0 Å². The predicted molar refractivity (Wildman–Crippen MR) is 61.7 cm³/mol. The van der Waals surface area contributed by atoms with Crippen LogP contribution in [0, 0.1) is 0 Å². The van der Waals surface area contributed by atoms with E-state index in [1.165, 1.54) is 0 Å². The first-order valence-corrected chi connectivity index (χ1v) is 5.49. The molecule has 4 heteroatoms. The van der Waals surface area contributed by atoms with Crippen molar-refractivity contribution in [2.75, 3.05) is 6.61 Å². The van der Waals surface area contributed by atoms with Gasteiger partial charge in [0.05, 0.1) is 12.6 Å². The van der Waals surface area contributed by atoms with Crippen LogP contribution in [0.15, 0.2) is 0 Å². The molecular weight excluding hydrogens is 192 g/mol. The zero-order chi connectivity index (χ0) is 12.1. The quantitative estimate of drug-likeness (QED) is 0.632. The van der Waals surface area contributed by atoms with Crippen molar-refractivity contribution in [3.63, 3.8) is 0 Å². The number of carbonyl (C=O) groups is 1. The van der Waals surface area contributed by atoms with Crippen LogP contribution in [0.3, 0.4) is 0 Å². The average molecular weight is 216 g/mol. The van der Waals surface area contributed by atoms with E-state index in [9.17, 15) is 4.79 Å². The standard InChI is InChI=1S/C11H24N2O2/c1-6-9(7-14)12-8(2)10(15)13-11(3,4)5/h8-9,12,14H,6-7H2,1-5H3,(H,13,15). The zero-order valence-electron chi connectivity index (χ0n) is 10.4. The third-order valence-corrected chi connectivity index (χ3v) is 2.09. The van der Waals surface area contributed by atoms with Crippen LogP contribution in [0.2, 0.25) is 0 Å². The molecule has 0 aromatic rings. The van der Waals surface area contributed by atoms with Gasteiger partial charge in [-0.1, -0.05) is 6.92 Å². The molecule has 0 rings (SSSR count). The van der Waals surface area contributed by atoms with Gasteiger partial charge in [0.2, 0.25) is 5.91 Å². The third kappa shape index (κ3) is 6.47. The van der Waals surface area contributed by atoms with E-state index in [0.29, 0.717) is 0 Å². The molecule has 15 heavy (non-hydrogen) atoms. The molecule has 2 unspecified atom stereocenters. The van der Waals surface area contributed by atoms with Crippen molar-refractivity contribution in [3.05, 3.63) is 0 Å². The number of aliphatic hydroxyl groups is 1. The monoisotopic (exact) mass is 216 g/mol. The lowest BCUT2D eigenvalue weighted by Crippen LogP contribution is -2.52. The van der Waals surface area contributed by atoms with Crippen LogP contribution in [0.1, 0.15) is 41.0 Å². The van der Waals surface area contributed by atoms with E-state index in [0.717, 1.165) is 6.42 Å². The van der Waals surface area contributed by atoms with Gasteiger partial charge in [-0.3, -0.25) is 4.79 Å². The van der Waals surface area contributed by atoms with Crippen molar-refractivity contribution < 1.29 is 9.90 Å². The molecule has 0 heterocycles. The number of amides is 1. The van der Waals surface area contributed by atoms with Crippen molar-refractivity contribution in [3.8, 4) is 0 Å². The highest BCUT2D eigenvalue weighted by atomic mass is 16.3. The number of nitrogens with one attached hydrogen (secondary N) is 2. The minimum atomic E-state index is -0.277. The van der Waals surface area contributed by atoms with Crippen molar-refractivity contribution in [1.82, 2.24) is 10.6 Å². The largest absolute Gasteiger partial charge is 0.395 e. The van der Waals surface area contributed by atoms with E-state index >= 15 is 0 Å². The van der Waals surface area contributed by atoms with Crippen LogP contribution in [0.5, 0.6) is 0 Å². The molecule has 0 aliphatic carbocycles. The molecule has 2 atom stereocenters. The number of hydrogen-bond acceptors (Lipinski definition) is 3. The SMILES string of the molecule is CCC(CO)NC(C)C(=O)NC(C)(C)C. The second kappa shape index (κ2) is 6.08. The minimum absolute atomic E-state index is 0.00859. The van der Waals surface area contributed by atoms with Gasteiger partial charge in [-0.25, -0.2) is 0 Å². The van der Waals surface area contributed by atoms with Crippen LogP contribution in [0.4, 0.5) is 0 Å². The van der Waals surface area contributed by atoms with Gasteiger partial charge in [-0.05, 0) is 34.1 Å².